The Morgan fingerprint density at radius 1 is 1.25 bits per heavy atom. The number of halogens is 1. The molecule has 0 amide bonds. The molecule has 0 aromatic carbocycles. The zero-order valence-corrected chi connectivity index (χ0v) is 8.51. The van der Waals surface area contributed by atoms with Gasteiger partial charge in [-0.1, -0.05) is 0 Å². The number of hydrogen-bond donors (Lipinski definition) is 1. The highest BCUT2D eigenvalue weighted by Crippen LogP contribution is 2.20. The summed E-state index contributed by atoms with van der Waals surface area (Å²) in [5.41, 5.74) is 5.67. The zero-order chi connectivity index (χ0) is 11.5. The fourth-order valence-corrected chi connectivity index (χ4v) is 1.20. The third kappa shape index (κ3) is 1.90. The van der Waals surface area contributed by atoms with Gasteiger partial charge >= 0.3 is 0 Å². The molecule has 0 aliphatic carbocycles. The molecule has 0 bridgehead atoms. The van der Waals surface area contributed by atoms with Crippen LogP contribution in [-0.4, -0.2) is 22.1 Å². The Bertz CT molecular complexity index is 518. The maximum absolute atomic E-state index is 13.5. The van der Waals surface area contributed by atoms with Crippen LogP contribution in [0.25, 0.3) is 11.4 Å². The molecule has 0 saturated carbocycles. The maximum Gasteiger partial charge on any atom is 0.227 e. The van der Waals surface area contributed by atoms with Crippen molar-refractivity contribution in [3.8, 4) is 17.3 Å². The minimum atomic E-state index is -0.690. The molecule has 16 heavy (non-hydrogen) atoms. The van der Waals surface area contributed by atoms with Crippen molar-refractivity contribution in [2.75, 3.05) is 12.8 Å². The lowest BCUT2D eigenvalue weighted by atomic mass is 10.2. The van der Waals surface area contributed by atoms with Gasteiger partial charge in [0, 0.05) is 12.3 Å². The van der Waals surface area contributed by atoms with E-state index in [0.717, 1.165) is 0 Å². The molecule has 0 spiro atoms. The van der Waals surface area contributed by atoms with E-state index < -0.39 is 5.95 Å². The highest BCUT2D eigenvalue weighted by Gasteiger charge is 2.10. The normalized spacial score (nSPS) is 10.1. The maximum atomic E-state index is 13.5. The van der Waals surface area contributed by atoms with Crippen molar-refractivity contribution in [2.45, 2.75) is 0 Å². The Morgan fingerprint density at radius 2 is 2.06 bits per heavy atom. The van der Waals surface area contributed by atoms with Crippen LogP contribution in [-0.2, 0) is 0 Å². The predicted octanol–water partition coefficient (Wildman–Crippen LogP) is 1.27. The lowest BCUT2D eigenvalue weighted by Gasteiger charge is -2.03. The Labute approximate surface area is 91.1 Å². The number of nitrogens with zero attached hydrogens (tertiary/aromatic N) is 3. The van der Waals surface area contributed by atoms with Gasteiger partial charge in [0.1, 0.15) is 5.82 Å². The Kier molecular flexibility index (Phi) is 2.63. The lowest BCUT2D eigenvalue weighted by molar-refractivity contribution is 0.388. The van der Waals surface area contributed by atoms with E-state index in [1.807, 2.05) is 0 Å². The summed E-state index contributed by atoms with van der Waals surface area (Å²) >= 11 is 0. The van der Waals surface area contributed by atoms with E-state index in [-0.39, 0.29) is 23.1 Å². The number of aromatic nitrogens is 3. The fraction of sp³-hybridized carbons (Fsp3) is 0.100. The molecule has 2 aromatic heterocycles. The van der Waals surface area contributed by atoms with Crippen molar-refractivity contribution in [1.82, 2.24) is 15.0 Å². The summed E-state index contributed by atoms with van der Waals surface area (Å²) in [5.74, 6) is -0.0111. The van der Waals surface area contributed by atoms with Crippen molar-refractivity contribution in [1.29, 1.82) is 0 Å². The van der Waals surface area contributed by atoms with Gasteiger partial charge in [0.2, 0.25) is 11.8 Å². The molecule has 2 rings (SSSR count). The average Bonchev–Trinajstić information content (AvgIpc) is 2.28. The molecular formula is C10H9FN4O. The largest absolute Gasteiger partial charge is 0.481 e. The van der Waals surface area contributed by atoms with Gasteiger partial charge in [0.25, 0.3) is 0 Å². The highest BCUT2D eigenvalue weighted by molar-refractivity contribution is 5.56. The van der Waals surface area contributed by atoms with E-state index in [9.17, 15) is 4.39 Å². The second-order valence-electron chi connectivity index (χ2n) is 3.00. The summed E-state index contributed by atoms with van der Waals surface area (Å²) in [5, 5.41) is 0. The van der Waals surface area contributed by atoms with E-state index in [1.165, 1.54) is 31.5 Å². The van der Waals surface area contributed by atoms with E-state index in [1.54, 1.807) is 0 Å². The molecule has 0 atom stereocenters. The number of pyridine rings is 1. The first-order chi connectivity index (χ1) is 7.70. The third-order valence-electron chi connectivity index (χ3n) is 1.95. The second kappa shape index (κ2) is 4.09. The second-order valence-corrected chi connectivity index (χ2v) is 3.00. The molecule has 0 fully saturated rings. The molecule has 6 heteroatoms. The van der Waals surface area contributed by atoms with Gasteiger partial charge in [-0.05, 0) is 12.1 Å². The molecule has 2 N–H and O–H groups in total. The van der Waals surface area contributed by atoms with Crippen LogP contribution >= 0.6 is 0 Å². The van der Waals surface area contributed by atoms with Crippen LogP contribution in [0, 0.1) is 5.95 Å². The van der Waals surface area contributed by atoms with Gasteiger partial charge in [-0.3, -0.25) is 0 Å². The first-order valence-electron chi connectivity index (χ1n) is 4.50. The van der Waals surface area contributed by atoms with Crippen LogP contribution in [0.1, 0.15) is 0 Å². The number of ether oxygens (including phenoxy) is 1. The smallest absolute Gasteiger partial charge is 0.227 e. The van der Waals surface area contributed by atoms with Crippen molar-refractivity contribution in [3.05, 3.63) is 30.3 Å². The number of nitrogen functional groups attached to an aromatic ring is 1. The minimum Gasteiger partial charge on any atom is -0.481 e. The minimum absolute atomic E-state index is 0.188. The van der Waals surface area contributed by atoms with E-state index in [0.29, 0.717) is 0 Å². The summed E-state index contributed by atoms with van der Waals surface area (Å²) in [4.78, 5) is 11.4. The lowest BCUT2D eigenvalue weighted by Crippen LogP contribution is -1.98. The van der Waals surface area contributed by atoms with Crippen LogP contribution in [0.4, 0.5) is 10.2 Å². The fourth-order valence-electron chi connectivity index (χ4n) is 1.20. The summed E-state index contributed by atoms with van der Waals surface area (Å²) in [6.07, 6.45) is 1.46. The molecule has 0 radical (unpaired) electrons. The Hall–Kier alpha value is -2.24. The van der Waals surface area contributed by atoms with Crippen LogP contribution in [0.15, 0.2) is 24.4 Å². The van der Waals surface area contributed by atoms with Gasteiger partial charge in [-0.15, -0.1) is 0 Å². The standard InChI is InChI=1S/C10H9FN4O/c1-16-8-3-2-6(9(11)15-8)10-13-5-4-7(12)14-10/h2-5H,1H3,(H2,12,13,14). The number of anilines is 1. The summed E-state index contributed by atoms with van der Waals surface area (Å²) < 4.78 is 18.3. The molecule has 0 aliphatic heterocycles. The van der Waals surface area contributed by atoms with E-state index >= 15 is 0 Å². The monoisotopic (exact) mass is 220 g/mol. The number of rotatable bonds is 2. The average molecular weight is 220 g/mol. The SMILES string of the molecule is COc1ccc(-c2nccc(N)n2)c(F)n1. The first kappa shape index (κ1) is 10.3. The van der Waals surface area contributed by atoms with E-state index in [4.69, 9.17) is 10.5 Å². The van der Waals surface area contributed by atoms with E-state index in [2.05, 4.69) is 15.0 Å². The Morgan fingerprint density at radius 3 is 2.69 bits per heavy atom. The summed E-state index contributed by atoms with van der Waals surface area (Å²) in [6, 6.07) is 4.55. The molecule has 0 saturated heterocycles. The highest BCUT2D eigenvalue weighted by atomic mass is 19.1. The molecule has 0 aliphatic rings. The molecule has 2 heterocycles. The van der Waals surface area contributed by atoms with Crippen molar-refractivity contribution in [3.63, 3.8) is 0 Å². The van der Waals surface area contributed by atoms with Crippen molar-refractivity contribution < 1.29 is 9.13 Å². The van der Waals surface area contributed by atoms with Crippen LogP contribution in [0.2, 0.25) is 0 Å². The van der Waals surface area contributed by atoms with Gasteiger partial charge in [0.05, 0.1) is 12.7 Å². The zero-order valence-electron chi connectivity index (χ0n) is 8.51. The number of methoxy groups -OCH3 is 1. The van der Waals surface area contributed by atoms with Crippen LogP contribution in [0.3, 0.4) is 0 Å². The first-order valence-corrected chi connectivity index (χ1v) is 4.50. The summed E-state index contributed by atoms with van der Waals surface area (Å²) in [6.45, 7) is 0. The Balaban J connectivity index is 2.48. The predicted molar refractivity (Wildman–Crippen MR) is 56.2 cm³/mol. The quantitative estimate of drug-likeness (QED) is 0.771. The number of hydrogen-bond acceptors (Lipinski definition) is 5. The molecule has 2 aromatic rings. The molecule has 5 nitrogen and oxygen atoms in total. The topological polar surface area (TPSA) is 73.9 Å². The van der Waals surface area contributed by atoms with Crippen LogP contribution < -0.4 is 10.5 Å². The molecular weight excluding hydrogens is 211 g/mol. The molecule has 82 valence electrons. The van der Waals surface area contributed by atoms with Gasteiger partial charge in [0.15, 0.2) is 5.82 Å². The van der Waals surface area contributed by atoms with Crippen molar-refractivity contribution in [2.24, 2.45) is 0 Å². The summed E-state index contributed by atoms with van der Waals surface area (Å²) in [7, 11) is 1.42. The van der Waals surface area contributed by atoms with Gasteiger partial charge in [-0.25, -0.2) is 9.97 Å². The molecule has 0 unspecified atom stereocenters. The van der Waals surface area contributed by atoms with Crippen LogP contribution in [0.5, 0.6) is 5.88 Å². The number of nitrogens with two attached hydrogens (primary N) is 1. The van der Waals surface area contributed by atoms with Crippen molar-refractivity contribution >= 4 is 5.82 Å². The third-order valence-corrected chi connectivity index (χ3v) is 1.95. The van der Waals surface area contributed by atoms with Gasteiger partial charge < -0.3 is 10.5 Å². The van der Waals surface area contributed by atoms with Gasteiger partial charge in [-0.2, -0.15) is 9.37 Å².